The van der Waals surface area contributed by atoms with Gasteiger partial charge in [0.2, 0.25) is 0 Å². The second kappa shape index (κ2) is 4.56. The van der Waals surface area contributed by atoms with E-state index in [1.54, 1.807) is 13.0 Å². The number of aryl methyl sites for hydroxylation is 1. The molecule has 1 unspecified atom stereocenters. The van der Waals surface area contributed by atoms with Crippen LogP contribution in [0.1, 0.15) is 24.5 Å². The van der Waals surface area contributed by atoms with Gasteiger partial charge in [-0.1, -0.05) is 18.6 Å². The van der Waals surface area contributed by atoms with Crippen LogP contribution >= 0.6 is 0 Å². The number of methoxy groups -OCH3 is 1. The summed E-state index contributed by atoms with van der Waals surface area (Å²) >= 11 is 0. The number of hydrogen-bond acceptors (Lipinski definition) is 2. The van der Waals surface area contributed by atoms with Crippen LogP contribution in [0.4, 0.5) is 13.2 Å². The van der Waals surface area contributed by atoms with Crippen LogP contribution in [0.2, 0.25) is 0 Å². The summed E-state index contributed by atoms with van der Waals surface area (Å²) in [6.45, 7) is 2.95. The standard InChI is InChI=1S/C12H15F3O2/c1-4-11(16,12(13,14)15)9-7-8(2)5-6-10(9)17-3/h5-7,16H,4H2,1-3H3. The van der Waals surface area contributed by atoms with E-state index in [2.05, 4.69) is 0 Å². The highest BCUT2D eigenvalue weighted by molar-refractivity contribution is 5.41. The Bertz CT molecular complexity index is 401. The third-order valence-corrected chi connectivity index (χ3v) is 2.78. The fourth-order valence-corrected chi connectivity index (χ4v) is 1.69. The summed E-state index contributed by atoms with van der Waals surface area (Å²) in [6.07, 6.45) is -5.20. The Morgan fingerprint density at radius 1 is 1.29 bits per heavy atom. The van der Waals surface area contributed by atoms with E-state index in [-0.39, 0.29) is 11.3 Å². The molecule has 0 spiro atoms. The number of benzene rings is 1. The number of ether oxygens (including phenoxy) is 1. The van der Waals surface area contributed by atoms with Gasteiger partial charge in [-0.05, 0) is 25.5 Å². The number of hydrogen-bond donors (Lipinski definition) is 1. The molecule has 0 bridgehead atoms. The Hall–Kier alpha value is -1.23. The summed E-state index contributed by atoms with van der Waals surface area (Å²) in [5.74, 6) is 0.0391. The Kier molecular flexibility index (Phi) is 3.71. The minimum atomic E-state index is -4.73. The smallest absolute Gasteiger partial charge is 0.421 e. The lowest BCUT2D eigenvalue weighted by molar-refractivity contribution is -0.268. The van der Waals surface area contributed by atoms with Crippen LogP contribution in [0, 0.1) is 6.92 Å². The molecule has 0 aliphatic carbocycles. The predicted octanol–water partition coefficient (Wildman–Crippen LogP) is 3.16. The van der Waals surface area contributed by atoms with E-state index in [1.807, 2.05) is 0 Å². The van der Waals surface area contributed by atoms with E-state index >= 15 is 0 Å². The van der Waals surface area contributed by atoms with Crippen molar-refractivity contribution >= 4 is 0 Å². The van der Waals surface area contributed by atoms with Crippen molar-refractivity contribution in [3.63, 3.8) is 0 Å². The molecule has 0 heterocycles. The molecule has 96 valence electrons. The molecular formula is C12H15F3O2. The fourth-order valence-electron chi connectivity index (χ4n) is 1.69. The highest BCUT2D eigenvalue weighted by Gasteiger charge is 2.54. The second-order valence-electron chi connectivity index (χ2n) is 3.92. The van der Waals surface area contributed by atoms with Crippen LogP contribution in [0.5, 0.6) is 5.75 Å². The van der Waals surface area contributed by atoms with Gasteiger partial charge in [-0.15, -0.1) is 0 Å². The molecular weight excluding hydrogens is 233 g/mol. The molecule has 1 aromatic rings. The van der Waals surface area contributed by atoms with Gasteiger partial charge in [0.15, 0.2) is 5.60 Å². The van der Waals surface area contributed by atoms with Gasteiger partial charge in [-0.3, -0.25) is 0 Å². The minimum Gasteiger partial charge on any atom is -0.496 e. The zero-order valence-electron chi connectivity index (χ0n) is 9.93. The van der Waals surface area contributed by atoms with E-state index in [0.717, 1.165) is 0 Å². The summed E-state index contributed by atoms with van der Waals surface area (Å²) in [4.78, 5) is 0. The van der Waals surface area contributed by atoms with Crippen LogP contribution < -0.4 is 4.74 Å². The van der Waals surface area contributed by atoms with Crippen molar-refractivity contribution in [2.24, 2.45) is 0 Å². The van der Waals surface area contributed by atoms with Crippen LogP contribution in [-0.4, -0.2) is 18.4 Å². The SMILES string of the molecule is CCC(O)(c1cc(C)ccc1OC)C(F)(F)F. The van der Waals surface area contributed by atoms with E-state index in [4.69, 9.17) is 4.74 Å². The van der Waals surface area contributed by atoms with Crippen molar-refractivity contribution in [3.05, 3.63) is 29.3 Å². The topological polar surface area (TPSA) is 29.5 Å². The molecule has 2 nitrogen and oxygen atoms in total. The van der Waals surface area contributed by atoms with Gasteiger partial charge in [-0.2, -0.15) is 13.2 Å². The number of aliphatic hydroxyl groups is 1. The molecule has 0 aliphatic heterocycles. The van der Waals surface area contributed by atoms with Crippen molar-refractivity contribution < 1.29 is 23.0 Å². The number of rotatable bonds is 3. The van der Waals surface area contributed by atoms with Gasteiger partial charge in [0, 0.05) is 5.56 Å². The summed E-state index contributed by atoms with van der Waals surface area (Å²) < 4.78 is 43.7. The highest BCUT2D eigenvalue weighted by Crippen LogP contribution is 2.45. The predicted molar refractivity (Wildman–Crippen MR) is 58.0 cm³/mol. The third kappa shape index (κ3) is 2.39. The molecule has 1 rings (SSSR count). The van der Waals surface area contributed by atoms with E-state index in [1.165, 1.54) is 26.2 Å². The quantitative estimate of drug-likeness (QED) is 0.890. The molecule has 1 N–H and O–H groups in total. The first-order valence-electron chi connectivity index (χ1n) is 5.20. The van der Waals surface area contributed by atoms with Gasteiger partial charge in [-0.25, -0.2) is 0 Å². The molecule has 0 aliphatic rings. The van der Waals surface area contributed by atoms with Crippen LogP contribution in [-0.2, 0) is 5.60 Å². The average molecular weight is 248 g/mol. The van der Waals surface area contributed by atoms with Gasteiger partial charge >= 0.3 is 6.18 Å². The first-order valence-corrected chi connectivity index (χ1v) is 5.20. The lowest BCUT2D eigenvalue weighted by Gasteiger charge is -2.31. The minimum absolute atomic E-state index is 0.0391. The Morgan fingerprint density at radius 2 is 1.88 bits per heavy atom. The van der Waals surface area contributed by atoms with Crippen LogP contribution in [0.25, 0.3) is 0 Å². The van der Waals surface area contributed by atoms with Crippen molar-refractivity contribution in [1.29, 1.82) is 0 Å². The highest BCUT2D eigenvalue weighted by atomic mass is 19.4. The number of alkyl halides is 3. The first kappa shape index (κ1) is 13.8. The second-order valence-corrected chi connectivity index (χ2v) is 3.92. The Labute approximate surface area is 98.0 Å². The maximum Gasteiger partial charge on any atom is 0.421 e. The zero-order chi connectivity index (χ0) is 13.3. The number of halogens is 3. The third-order valence-electron chi connectivity index (χ3n) is 2.78. The Morgan fingerprint density at radius 3 is 2.29 bits per heavy atom. The molecule has 1 aromatic carbocycles. The summed E-state index contributed by atoms with van der Waals surface area (Å²) in [5.41, 5.74) is -2.48. The van der Waals surface area contributed by atoms with Gasteiger partial charge in [0.25, 0.3) is 0 Å². The molecule has 0 saturated heterocycles. The summed E-state index contributed by atoms with van der Waals surface area (Å²) in [7, 11) is 1.28. The molecule has 0 saturated carbocycles. The molecule has 5 heteroatoms. The monoisotopic (exact) mass is 248 g/mol. The van der Waals surface area contributed by atoms with Crippen molar-refractivity contribution in [2.75, 3.05) is 7.11 Å². The van der Waals surface area contributed by atoms with Gasteiger partial charge < -0.3 is 9.84 Å². The molecule has 17 heavy (non-hydrogen) atoms. The lowest BCUT2D eigenvalue weighted by atomic mass is 9.88. The van der Waals surface area contributed by atoms with Crippen molar-refractivity contribution in [1.82, 2.24) is 0 Å². The molecule has 0 fully saturated rings. The fraction of sp³-hybridized carbons (Fsp3) is 0.500. The molecule has 0 amide bonds. The van der Waals surface area contributed by atoms with Crippen LogP contribution in [0.15, 0.2) is 18.2 Å². The van der Waals surface area contributed by atoms with E-state index in [9.17, 15) is 18.3 Å². The summed E-state index contributed by atoms with van der Waals surface area (Å²) in [6, 6.07) is 4.36. The van der Waals surface area contributed by atoms with Gasteiger partial charge in [0.1, 0.15) is 5.75 Å². The van der Waals surface area contributed by atoms with E-state index in [0.29, 0.717) is 5.56 Å². The first-order chi connectivity index (χ1) is 7.76. The van der Waals surface area contributed by atoms with Crippen LogP contribution in [0.3, 0.4) is 0 Å². The molecule has 1 atom stereocenters. The maximum atomic E-state index is 12.9. The van der Waals surface area contributed by atoms with E-state index < -0.39 is 18.2 Å². The largest absolute Gasteiger partial charge is 0.496 e. The van der Waals surface area contributed by atoms with Crippen molar-refractivity contribution in [2.45, 2.75) is 32.0 Å². The van der Waals surface area contributed by atoms with Gasteiger partial charge in [0.05, 0.1) is 7.11 Å². The molecule has 0 radical (unpaired) electrons. The average Bonchev–Trinajstić information content (AvgIpc) is 2.26. The zero-order valence-corrected chi connectivity index (χ0v) is 9.93. The molecule has 0 aromatic heterocycles. The Balaban J connectivity index is 3.43. The lowest BCUT2D eigenvalue weighted by Crippen LogP contribution is -2.42. The normalized spacial score (nSPS) is 15.5. The maximum absolute atomic E-state index is 12.9. The van der Waals surface area contributed by atoms with Crippen molar-refractivity contribution in [3.8, 4) is 5.75 Å². The summed E-state index contributed by atoms with van der Waals surface area (Å²) in [5, 5.41) is 9.86.